The Labute approximate surface area is 148 Å². The Morgan fingerprint density at radius 1 is 1.21 bits per heavy atom. The van der Waals surface area contributed by atoms with Crippen LogP contribution in [0.3, 0.4) is 0 Å². The summed E-state index contributed by atoms with van der Waals surface area (Å²) in [6, 6.07) is 11.4. The highest BCUT2D eigenvalue weighted by molar-refractivity contribution is 7.80. The molecule has 0 bridgehead atoms. The fraction of sp³-hybridized carbons (Fsp3) is 0.188. The lowest BCUT2D eigenvalue weighted by molar-refractivity contribution is -0.0498. The van der Waals surface area contributed by atoms with Crippen LogP contribution in [0.2, 0.25) is 5.02 Å². The number of halogens is 3. The molecule has 2 rings (SSSR count). The van der Waals surface area contributed by atoms with Gasteiger partial charge in [-0.25, -0.2) is 0 Å². The lowest BCUT2D eigenvalue weighted by Crippen LogP contribution is -2.28. The van der Waals surface area contributed by atoms with Gasteiger partial charge in [-0.2, -0.15) is 8.78 Å². The molecule has 0 aliphatic heterocycles. The monoisotopic (exact) mass is 372 g/mol. The Hall–Kier alpha value is -2.12. The van der Waals surface area contributed by atoms with Crippen molar-refractivity contribution in [1.29, 1.82) is 0 Å². The molecule has 0 radical (unpaired) electrons. The van der Waals surface area contributed by atoms with E-state index in [0.29, 0.717) is 28.1 Å². The van der Waals surface area contributed by atoms with Crippen LogP contribution in [0.15, 0.2) is 42.5 Å². The van der Waals surface area contributed by atoms with Crippen molar-refractivity contribution in [2.75, 3.05) is 12.4 Å². The average molecular weight is 373 g/mol. The molecule has 2 aromatic carbocycles. The van der Waals surface area contributed by atoms with Crippen molar-refractivity contribution in [2.45, 2.75) is 13.2 Å². The second-order valence-corrected chi connectivity index (χ2v) is 5.52. The summed E-state index contributed by atoms with van der Waals surface area (Å²) in [5, 5.41) is 6.94. The van der Waals surface area contributed by atoms with Crippen LogP contribution in [-0.2, 0) is 6.54 Å². The van der Waals surface area contributed by atoms with Crippen molar-refractivity contribution in [1.82, 2.24) is 5.32 Å². The number of methoxy groups -OCH3 is 1. The molecule has 0 amide bonds. The minimum Gasteiger partial charge on any atom is -0.495 e. The maximum absolute atomic E-state index is 12.1. The molecule has 0 fully saturated rings. The van der Waals surface area contributed by atoms with Crippen LogP contribution in [0.4, 0.5) is 14.5 Å². The highest BCUT2D eigenvalue weighted by Crippen LogP contribution is 2.27. The van der Waals surface area contributed by atoms with Crippen LogP contribution in [0.1, 0.15) is 5.56 Å². The van der Waals surface area contributed by atoms with Gasteiger partial charge in [0.1, 0.15) is 11.5 Å². The van der Waals surface area contributed by atoms with Gasteiger partial charge in [-0.05, 0) is 48.1 Å². The maximum atomic E-state index is 12.1. The molecule has 2 aromatic rings. The van der Waals surface area contributed by atoms with Gasteiger partial charge in [-0.15, -0.1) is 0 Å². The molecule has 24 heavy (non-hydrogen) atoms. The van der Waals surface area contributed by atoms with Crippen molar-refractivity contribution >= 4 is 34.6 Å². The smallest absolute Gasteiger partial charge is 0.387 e. The molecule has 0 aliphatic carbocycles. The Balaban J connectivity index is 1.90. The minimum absolute atomic E-state index is 0.109. The summed E-state index contributed by atoms with van der Waals surface area (Å²) in [4.78, 5) is 0. The fourth-order valence-corrected chi connectivity index (χ4v) is 2.27. The van der Waals surface area contributed by atoms with Crippen LogP contribution in [0.5, 0.6) is 11.5 Å². The molecule has 2 N–H and O–H groups in total. The lowest BCUT2D eigenvalue weighted by atomic mass is 10.2. The van der Waals surface area contributed by atoms with Gasteiger partial charge in [0, 0.05) is 11.6 Å². The van der Waals surface area contributed by atoms with Crippen molar-refractivity contribution in [3.05, 3.63) is 53.1 Å². The summed E-state index contributed by atoms with van der Waals surface area (Å²) >= 11 is 11.2. The largest absolute Gasteiger partial charge is 0.495 e. The number of nitrogens with one attached hydrogen (secondary N) is 2. The van der Waals surface area contributed by atoms with E-state index in [1.807, 2.05) is 0 Å². The highest BCUT2D eigenvalue weighted by atomic mass is 35.5. The van der Waals surface area contributed by atoms with Gasteiger partial charge in [0.2, 0.25) is 0 Å². The Kier molecular flexibility index (Phi) is 6.57. The summed E-state index contributed by atoms with van der Waals surface area (Å²) in [7, 11) is 1.55. The third-order valence-corrected chi connectivity index (χ3v) is 3.49. The fourth-order valence-electron chi connectivity index (χ4n) is 1.92. The average Bonchev–Trinajstić information content (AvgIpc) is 2.54. The Morgan fingerprint density at radius 3 is 2.54 bits per heavy atom. The van der Waals surface area contributed by atoms with Gasteiger partial charge in [0.25, 0.3) is 0 Å². The van der Waals surface area contributed by atoms with Gasteiger partial charge < -0.3 is 20.1 Å². The number of anilines is 1. The zero-order chi connectivity index (χ0) is 17.5. The van der Waals surface area contributed by atoms with E-state index in [2.05, 4.69) is 15.4 Å². The first kappa shape index (κ1) is 18.2. The molecule has 8 heteroatoms. The first-order chi connectivity index (χ1) is 11.5. The molecule has 128 valence electrons. The number of thiocarbonyl (C=S) groups is 1. The zero-order valence-corrected chi connectivity index (χ0v) is 14.3. The molecule has 4 nitrogen and oxygen atoms in total. The van der Waals surface area contributed by atoms with E-state index in [9.17, 15) is 8.78 Å². The van der Waals surface area contributed by atoms with E-state index >= 15 is 0 Å². The Bertz CT molecular complexity index is 699. The van der Waals surface area contributed by atoms with Crippen molar-refractivity contribution in [3.8, 4) is 11.5 Å². The molecular formula is C16H15ClF2N2O2S. The summed E-state index contributed by atoms with van der Waals surface area (Å²) < 4.78 is 33.7. The molecule has 0 atom stereocenters. The second kappa shape index (κ2) is 8.65. The number of rotatable bonds is 6. The van der Waals surface area contributed by atoms with Crippen LogP contribution >= 0.6 is 23.8 Å². The zero-order valence-electron chi connectivity index (χ0n) is 12.7. The molecule has 0 saturated carbocycles. The van der Waals surface area contributed by atoms with Crippen molar-refractivity contribution in [3.63, 3.8) is 0 Å². The van der Waals surface area contributed by atoms with Gasteiger partial charge in [-0.3, -0.25) is 0 Å². The van der Waals surface area contributed by atoms with E-state index in [4.69, 9.17) is 28.6 Å². The van der Waals surface area contributed by atoms with E-state index in [-0.39, 0.29) is 5.75 Å². The molecule has 0 unspecified atom stereocenters. The molecule has 0 aromatic heterocycles. The van der Waals surface area contributed by atoms with E-state index < -0.39 is 6.61 Å². The molecule has 0 saturated heterocycles. The number of ether oxygens (including phenoxy) is 2. The summed E-state index contributed by atoms with van der Waals surface area (Å²) in [5.41, 5.74) is 1.50. The lowest BCUT2D eigenvalue weighted by Gasteiger charge is -2.14. The number of hydrogen-bond donors (Lipinski definition) is 2. The number of alkyl halides is 2. The summed E-state index contributed by atoms with van der Waals surface area (Å²) in [6.07, 6.45) is 0. The van der Waals surface area contributed by atoms with Crippen LogP contribution < -0.4 is 20.1 Å². The van der Waals surface area contributed by atoms with Crippen LogP contribution in [0, 0.1) is 0 Å². The van der Waals surface area contributed by atoms with Crippen molar-refractivity contribution in [2.24, 2.45) is 0 Å². The van der Waals surface area contributed by atoms with Gasteiger partial charge in [0.05, 0.1) is 12.8 Å². The van der Waals surface area contributed by atoms with E-state index in [1.165, 1.54) is 12.1 Å². The molecule has 0 aliphatic rings. The molecule has 0 heterocycles. The van der Waals surface area contributed by atoms with Crippen LogP contribution in [0.25, 0.3) is 0 Å². The normalized spacial score (nSPS) is 10.4. The standard InChI is InChI=1S/C16H15ClF2N2O2S/c1-22-14-7-4-11(17)8-13(14)21-16(24)20-9-10-2-5-12(6-3-10)23-15(18)19/h2-8,15H,9H2,1H3,(H2,20,21,24). The number of hydrogen-bond acceptors (Lipinski definition) is 3. The van der Waals surface area contributed by atoms with Gasteiger partial charge in [0.15, 0.2) is 5.11 Å². The maximum Gasteiger partial charge on any atom is 0.387 e. The molecule has 0 spiro atoms. The first-order valence-corrected chi connectivity index (χ1v) is 7.68. The minimum atomic E-state index is -2.83. The van der Waals surface area contributed by atoms with Crippen molar-refractivity contribution < 1.29 is 18.3 Å². The Morgan fingerprint density at radius 2 is 1.92 bits per heavy atom. The predicted molar refractivity (Wildman–Crippen MR) is 94.1 cm³/mol. The van der Waals surface area contributed by atoms with Crippen LogP contribution in [-0.4, -0.2) is 18.8 Å². The third kappa shape index (κ3) is 5.50. The van der Waals surface area contributed by atoms with Gasteiger partial charge >= 0.3 is 6.61 Å². The highest BCUT2D eigenvalue weighted by Gasteiger charge is 2.07. The molecular weight excluding hydrogens is 358 g/mol. The van der Waals surface area contributed by atoms with E-state index in [1.54, 1.807) is 37.4 Å². The third-order valence-electron chi connectivity index (χ3n) is 3.01. The quantitative estimate of drug-likeness (QED) is 0.734. The SMILES string of the molecule is COc1ccc(Cl)cc1NC(=S)NCc1ccc(OC(F)F)cc1. The predicted octanol–water partition coefficient (Wildman–Crippen LogP) is 4.44. The first-order valence-electron chi connectivity index (χ1n) is 6.90. The topological polar surface area (TPSA) is 42.5 Å². The number of benzene rings is 2. The summed E-state index contributed by atoms with van der Waals surface area (Å²) in [5.74, 6) is 0.718. The van der Waals surface area contributed by atoms with E-state index in [0.717, 1.165) is 5.56 Å². The van der Waals surface area contributed by atoms with Gasteiger partial charge in [-0.1, -0.05) is 23.7 Å². The summed E-state index contributed by atoms with van der Waals surface area (Å²) in [6.45, 7) is -2.41. The second-order valence-electron chi connectivity index (χ2n) is 4.67.